The maximum atomic E-state index is 11.8. The van der Waals surface area contributed by atoms with Gasteiger partial charge in [-0.2, -0.15) is 0 Å². The molecule has 0 aliphatic heterocycles. The zero-order valence-electron chi connectivity index (χ0n) is 12.9. The number of rotatable bonds is 9. The number of aliphatic carboxylic acids is 2. The highest BCUT2D eigenvalue weighted by atomic mass is 127. The zero-order chi connectivity index (χ0) is 19.0. The van der Waals surface area contributed by atoms with Gasteiger partial charge in [-0.15, -0.1) is 0 Å². The first-order valence-corrected chi connectivity index (χ1v) is 8.25. The van der Waals surface area contributed by atoms with Crippen molar-refractivity contribution in [2.24, 2.45) is 0 Å². The lowest BCUT2D eigenvalue weighted by molar-refractivity contribution is -0.139. The Morgan fingerprint density at radius 3 is 2.40 bits per heavy atom. The molecule has 0 heterocycles. The second kappa shape index (κ2) is 9.81. The van der Waals surface area contributed by atoms with Crippen molar-refractivity contribution in [3.8, 4) is 5.75 Å². The summed E-state index contributed by atoms with van der Waals surface area (Å²) in [6.45, 7) is 0. The normalized spacial score (nSPS) is 12.7. The highest BCUT2D eigenvalue weighted by Crippen LogP contribution is 2.21. The number of carbonyl (C=O) groups is 4. The van der Waals surface area contributed by atoms with E-state index in [1.807, 2.05) is 22.6 Å². The second-order valence-electron chi connectivity index (χ2n) is 5.17. The molecular weight excluding hydrogens is 447 g/mol. The molecule has 0 unspecified atom stereocenters. The molecule has 0 radical (unpaired) electrons. The molecule has 0 aromatic heterocycles. The predicted octanol–water partition coefficient (Wildman–Crippen LogP) is 0.724. The van der Waals surface area contributed by atoms with E-state index < -0.39 is 30.1 Å². The van der Waals surface area contributed by atoms with Crippen LogP contribution in [-0.4, -0.2) is 51.7 Å². The molecule has 0 saturated carbocycles. The number of halogens is 1. The lowest BCUT2D eigenvalue weighted by Gasteiger charge is -2.18. The number of carboxylic acid groups (broad SMARTS) is 2. The zero-order valence-corrected chi connectivity index (χ0v) is 15.1. The average molecular weight is 464 g/mol. The molecule has 0 bridgehead atoms. The van der Waals surface area contributed by atoms with Gasteiger partial charge in [0.25, 0.3) is 0 Å². The van der Waals surface area contributed by atoms with Gasteiger partial charge < -0.3 is 30.7 Å². The van der Waals surface area contributed by atoms with Crippen LogP contribution in [0.1, 0.15) is 18.4 Å². The molecule has 10 heteroatoms. The van der Waals surface area contributed by atoms with E-state index >= 15 is 0 Å². The summed E-state index contributed by atoms with van der Waals surface area (Å²) in [5, 5.41) is 31.7. The summed E-state index contributed by atoms with van der Waals surface area (Å²) >= 11 is 1.89. The summed E-state index contributed by atoms with van der Waals surface area (Å²) in [7, 11) is 0. The van der Waals surface area contributed by atoms with Crippen LogP contribution in [0.25, 0.3) is 0 Å². The minimum Gasteiger partial charge on any atom is -0.507 e. The smallest absolute Gasteiger partial charge is 0.326 e. The summed E-state index contributed by atoms with van der Waals surface area (Å²) in [6, 6.07) is 1.38. The topological polar surface area (TPSA) is 153 Å². The quantitative estimate of drug-likeness (QED) is 0.267. The van der Waals surface area contributed by atoms with E-state index in [2.05, 4.69) is 10.6 Å². The summed E-state index contributed by atoms with van der Waals surface area (Å²) < 4.78 is 0.540. The molecule has 0 saturated heterocycles. The van der Waals surface area contributed by atoms with Gasteiger partial charge >= 0.3 is 18.0 Å². The molecule has 136 valence electrons. The van der Waals surface area contributed by atoms with Crippen molar-refractivity contribution >= 4 is 46.8 Å². The average Bonchev–Trinajstić information content (AvgIpc) is 2.53. The number of nitrogens with one attached hydrogen (secondary N) is 2. The molecule has 5 N–H and O–H groups in total. The molecule has 0 aliphatic carbocycles. The first-order valence-electron chi connectivity index (χ1n) is 7.17. The third-order valence-corrected chi connectivity index (χ3v) is 4.07. The fourth-order valence-electron chi connectivity index (χ4n) is 1.93. The van der Waals surface area contributed by atoms with Crippen molar-refractivity contribution in [2.75, 3.05) is 0 Å². The number of benzene rings is 1. The largest absolute Gasteiger partial charge is 0.507 e. The van der Waals surface area contributed by atoms with Crippen molar-refractivity contribution < 1.29 is 34.5 Å². The van der Waals surface area contributed by atoms with Crippen molar-refractivity contribution in [3.05, 3.63) is 27.3 Å². The number of carboxylic acids is 2. The van der Waals surface area contributed by atoms with Gasteiger partial charge in [0.15, 0.2) is 0 Å². The van der Waals surface area contributed by atoms with E-state index in [1.165, 1.54) is 12.1 Å². The first-order chi connectivity index (χ1) is 11.7. The fraction of sp³-hybridized carbons (Fsp3) is 0.333. The third kappa shape index (κ3) is 7.37. The number of hydrogen-bond acceptors (Lipinski definition) is 5. The molecule has 0 spiro atoms. The highest BCUT2D eigenvalue weighted by molar-refractivity contribution is 14.1. The predicted molar refractivity (Wildman–Crippen MR) is 94.3 cm³/mol. The van der Waals surface area contributed by atoms with Gasteiger partial charge in [-0.3, -0.25) is 4.79 Å². The van der Waals surface area contributed by atoms with Gasteiger partial charge in [0.2, 0.25) is 0 Å². The molecule has 1 aromatic rings. The standard InChI is InChI=1S/C15H17IN2O7/c16-10-5-8(1-3-12(10)20)6-11(14(23)24)18-15(25)17-9(7-19)2-4-13(21)22/h1,3,5,7,9,11,20H,2,4,6H2,(H,21,22)(H,23,24)(H2,17,18,25)/t9-,11-/m0/s1. The van der Waals surface area contributed by atoms with Crippen LogP contribution in [0.15, 0.2) is 18.2 Å². The Morgan fingerprint density at radius 1 is 1.20 bits per heavy atom. The number of aromatic hydroxyl groups is 1. The van der Waals surface area contributed by atoms with Gasteiger partial charge in [0, 0.05) is 12.8 Å². The van der Waals surface area contributed by atoms with Crippen molar-refractivity contribution in [3.63, 3.8) is 0 Å². The van der Waals surface area contributed by atoms with Crippen LogP contribution in [0.3, 0.4) is 0 Å². The molecule has 0 aliphatic rings. The van der Waals surface area contributed by atoms with E-state index in [1.54, 1.807) is 6.07 Å². The first kappa shape index (κ1) is 20.7. The Bertz CT molecular complexity index is 665. The summed E-state index contributed by atoms with van der Waals surface area (Å²) in [4.78, 5) is 44.5. The van der Waals surface area contributed by atoms with Gasteiger partial charge in [0.1, 0.15) is 18.1 Å². The number of amides is 2. The van der Waals surface area contributed by atoms with E-state index in [0.717, 1.165) is 0 Å². The maximum absolute atomic E-state index is 11.8. The number of carbonyl (C=O) groups excluding carboxylic acids is 2. The van der Waals surface area contributed by atoms with Crippen LogP contribution in [0.4, 0.5) is 4.79 Å². The molecule has 2 amide bonds. The van der Waals surface area contributed by atoms with Crippen LogP contribution in [0.2, 0.25) is 0 Å². The summed E-state index contributed by atoms with van der Waals surface area (Å²) in [5.74, 6) is -2.32. The van der Waals surface area contributed by atoms with E-state index in [4.69, 9.17) is 5.11 Å². The van der Waals surface area contributed by atoms with Crippen LogP contribution >= 0.6 is 22.6 Å². The molecule has 25 heavy (non-hydrogen) atoms. The Balaban J connectivity index is 2.68. The minimum absolute atomic E-state index is 0.0279. The Kier molecular flexibility index (Phi) is 8.11. The van der Waals surface area contributed by atoms with Crippen molar-refractivity contribution in [2.45, 2.75) is 31.3 Å². The van der Waals surface area contributed by atoms with Crippen LogP contribution < -0.4 is 10.6 Å². The molecule has 1 aromatic carbocycles. The lowest BCUT2D eigenvalue weighted by atomic mass is 10.1. The second-order valence-corrected chi connectivity index (χ2v) is 6.34. The lowest BCUT2D eigenvalue weighted by Crippen LogP contribution is -2.50. The maximum Gasteiger partial charge on any atom is 0.326 e. The summed E-state index contributed by atoms with van der Waals surface area (Å²) in [6.07, 6.45) is -0.0430. The SMILES string of the molecule is O=C[C@H](CCC(=O)O)NC(=O)N[C@@H](Cc1ccc(O)c(I)c1)C(=O)O. The number of urea groups is 1. The molecule has 9 nitrogen and oxygen atoms in total. The molecule has 0 fully saturated rings. The van der Waals surface area contributed by atoms with E-state index in [9.17, 15) is 29.4 Å². The van der Waals surface area contributed by atoms with Gasteiger partial charge in [-0.1, -0.05) is 6.07 Å². The van der Waals surface area contributed by atoms with Crippen molar-refractivity contribution in [1.29, 1.82) is 0 Å². The Hall–Kier alpha value is -2.37. The Morgan fingerprint density at radius 2 is 1.88 bits per heavy atom. The molecule has 2 atom stereocenters. The monoisotopic (exact) mass is 464 g/mol. The Labute approximate surface area is 156 Å². The van der Waals surface area contributed by atoms with E-state index in [-0.39, 0.29) is 25.0 Å². The highest BCUT2D eigenvalue weighted by Gasteiger charge is 2.22. The number of phenols is 1. The van der Waals surface area contributed by atoms with E-state index in [0.29, 0.717) is 15.4 Å². The number of phenolic OH excluding ortho intramolecular Hbond substituents is 1. The van der Waals surface area contributed by atoms with Crippen LogP contribution in [0.5, 0.6) is 5.75 Å². The van der Waals surface area contributed by atoms with Gasteiger partial charge in [-0.05, 0) is 46.7 Å². The third-order valence-electron chi connectivity index (χ3n) is 3.21. The van der Waals surface area contributed by atoms with Crippen LogP contribution in [-0.2, 0) is 20.8 Å². The molecule has 1 rings (SSSR count). The minimum atomic E-state index is -1.27. The van der Waals surface area contributed by atoms with Gasteiger partial charge in [-0.25, -0.2) is 9.59 Å². The number of hydrogen-bond donors (Lipinski definition) is 5. The number of aldehydes is 1. The fourth-order valence-corrected chi connectivity index (χ4v) is 2.51. The summed E-state index contributed by atoms with van der Waals surface area (Å²) in [5.41, 5.74) is 0.590. The van der Waals surface area contributed by atoms with Gasteiger partial charge in [0.05, 0.1) is 9.61 Å². The van der Waals surface area contributed by atoms with Crippen molar-refractivity contribution in [1.82, 2.24) is 10.6 Å². The van der Waals surface area contributed by atoms with Crippen LogP contribution in [0, 0.1) is 3.57 Å². The molecular formula is C15H17IN2O7.